The van der Waals surface area contributed by atoms with Crippen molar-refractivity contribution < 1.29 is 9.21 Å². The molecule has 0 aliphatic carbocycles. The summed E-state index contributed by atoms with van der Waals surface area (Å²) in [6.45, 7) is 0. The molecule has 0 fully saturated rings. The van der Waals surface area contributed by atoms with E-state index in [2.05, 4.69) is 31.4 Å². The van der Waals surface area contributed by atoms with Gasteiger partial charge in [0, 0.05) is 16.9 Å². The van der Waals surface area contributed by atoms with E-state index in [-0.39, 0.29) is 5.91 Å². The molecule has 0 spiro atoms. The molecule has 0 unspecified atom stereocenters. The lowest BCUT2D eigenvalue weighted by Crippen LogP contribution is -2.17. The molecular weight excluding hydrogens is 413 g/mol. The molecule has 0 aliphatic rings. The van der Waals surface area contributed by atoms with Crippen LogP contribution < -0.4 is 5.43 Å². The molecule has 0 aromatic carbocycles. The number of hydrazone groups is 1. The Kier molecular flexibility index (Phi) is 4.48. The predicted molar refractivity (Wildman–Crippen MR) is 78.4 cm³/mol. The normalized spacial score (nSPS) is 10.8. The maximum atomic E-state index is 11.7. The summed E-state index contributed by atoms with van der Waals surface area (Å²) in [6, 6.07) is 5.23. The number of halogens is 2. The summed E-state index contributed by atoms with van der Waals surface area (Å²) >= 11 is 5.29. The molecule has 1 amide bonds. The van der Waals surface area contributed by atoms with Gasteiger partial charge in [-0.3, -0.25) is 9.78 Å². The Bertz CT molecular complexity index is 597. The molecule has 0 saturated heterocycles. The van der Waals surface area contributed by atoms with Crippen LogP contribution in [0, 0.1) is 3.77 Å². The Morgan fingerprint density at radius 1 is 1.50 bits per heavy atom. The summed E-state index contributed by atoms with van der Waals surface area (Å²) in [5, 5.41) is 3.80. The quantitative estimate of drug-likeness (QED) is 0.472. The average molecular weight is 420 g/mol. The second-order valence-electron chi connectivity index (χ2n) is 3.23. The lowest BCUT2D eigenvalue weighted by atomic mass is 10.3. The van der Waals surface area contributed by atoms with Crippen molar-refractivity contribution in [2.24, 2.45) is 5.10 Å². The minimum absolute atomic E-state index is 0.332. The maximum Gasteiger partial charge on any atom is 0.272 e. The third kappa shape index (κ3) is 3.64. The molecule has 0 atom stereocenters. The molecule has 2 aromatic rings. The summed E-state index contributed by atoms with van der Waals surface area (Å²) in [7, 11) is 0. The zero-order valence-corrected chi connectivity index (χ0v) is 12.7. The first-order chi connectivity index (χ1) is 8.65. The van der Waals surface area contributed by atoms with Crippen LogP contribution in [0.2, 0.25) is 0 Å². The van der Waals surface area contributed by atoms with Crippen LogP contribution >= 0.6 is 38.5 Å². The first-order valence-corrected chi connectivity index (χ1v) is 6.71. The van der Waals surface area contributed by atoms with Crippen molar-refractivity contribution in [3.63, 3.8) is 0 Å². The highest BCUT2D eigenvalue weighted by Gasteiger charge is 2.04. The zero-order chi connectivity index (χ0) is 13.0. The SMILES string of the molecule is O=C(N/N=C\c1ccc(I)o1)c1cncc(Br)c1. The van der Waals surface area contributed by atoms with Crippen LogP contribution in [0.1, 0.15) is 16.1 Å². The van der Waals surface area contributed by atoms with Gasteiger partial charge < -0.3 is 4.42 Å². The highest BCUT2D eigenvalue weighted by atomic mass is 127. The molecule has 2 heterocycles. The lowest BCUT2D eigenvalue weighted by molar-refractivity contribution is 0.0954. The molecule has 92 valence electrons. The van der Waals surface area contributed by atoms with E-state index in [9.17, 15) is 4.79 Å². The fourth-order valence-corrected chi connectivity index (χ4v) is 1.95. The molecular formula is C11H7BrIN3O2. The van der Waals surface area contributed by atoms with Crippen molar-refractivity contribution in [1.29, 1.82) is 0 Å². The molecule has 5 nitrogen and oxygen atoms in total. The number of carbonyl (C=O) groups is 1. The number of amides is 1. The van der Waals surface area contributed by atoms with Gasteiger partial charge in [0.1, 0.15) is 5.76 Å². The fourth-order valence-electron chi connectivity index (χ4n) is 1.15. The topological polar surface area (TPSA) is 67.5 Å². The summed E-state index contributed by atoms with van der Waals surface area (Å²) in [5.41, 5.74) is 2.82. The molecule has 0 saturated carbocycles. The third-order valence-electron chi connectivity index (χ3n) is 1.92. The van der Waals surface area contributed by atoms with Crippen LogP contribution in [0.25, 0.3) is 0 Å². The predicted octanol–water partition coefficient (Wildman–Crippen LogP) is 2.81. The molecule has 7 heteroatoms. The third-order valence-corrected chi connectivity index (χ3v) is 2.93. The largest absolute Gasteiger partial charge is 0.449 e. The highest BCUT2D eigenvalue weighted by molar-refractivity contribution is 14.1. The second-order valence-corrected chi connectivity index (χ2v) is 5.21. The Labute approximate surface area is 125 Å². The number of nitrogens with one attached hydrogen (secondary N) is 1. The van der Waals surface area contributed by atoms with E-state index in [0.717, 1.165) is 8.24 Å². The van der Waals surface area contributed by atoms with Gasteiger partial charge in [0.05, 0.1) is 11.8 Å². The summed E-state index contributed by atoms with van der Waals surface area (Å²) in [4.78, 5) is 15.6. The number of aromatic nitrogens is 1. The first kappa shape index (κ1) is 13.2. The van der Waals surface area contributed by atoms with Crippen molar-refractivity contribution in [2.75, 3.05) is 0 Å². The van der Waals surface area contributed by atoms with E-state index < -0.39 is 0 Å². The molecule has 2 aromatic heterocycles. The smallest absolute Gasteiger partial charge is 0.272 e. The Balaban J connectivity index is 1.98. The number of hydrogen-bond donors (Lipinski definition) is 1. The van der Waals surface area contributed by atoms with E-state index in [0.29, 0.717) is 11.3 Å². The molecule has 1 N–H and O–H groups in total. The zero-order valence-electron chi connectivity index (χ0n) is 8.93. The van der Waals surface area contributed by atoms with Crippen molar-refractivity contribution in [3.05, 3.63) is 50.2 Å². The highest BCUT2D eigenvalue weighted by Crippen LogP contribution is 2.09. The summed E-state index contributed by atoms with van der Waals surface area (Å²) < 4.78 is 6.75. The van der Waals surface area contributed by atoms with Crippen molar-refractivity contribution >= 4 is 50.6 Å². The molecule has 18 heavy (non-hydrogen) atoms. The van der Waals surface area contributed by atoms with E-state index in [4.69, 9.17) is 4.42 Å². The van der Waals surface area contributed by atoms with Gasteiger partial charge >= 0.3 is 0 Å². The maximum absolute atomic E-state index is 11.7. The van der Waals surface area contributed by atoms with Gasteiger partial charge in [0.25, 0.3) is 5.91 Å². The Morgan fingerprint density at radius 3 is 3.00 bits per heavy atom. The van der Waals surface area contributed by atoms with Crippen LogP contribution in [0.4, 0.5) is 0 Å². The standard InChI is InChI=1S/C11H7BrIN3O2/c12-8-3-7(4-14-5-8)11(17)16-15-6-9-1-2-10(13)18-9/h1-6H,(H,16,17)/b15-6-. The fraction of sp³-hybridized carbons (Fsp3) is 0. The molecule has 0 radical (unpaired) electrons. The Hall–Kier alpha value is -1.22. The summed E-state index contributed by atoms with van der Waals surface area (Å²) in [6.07, 6.45) is 4.50. The van der Waals surface area contributed by atoms with E-state index in [1.165, 1.54) is 12.4 Å². The summed E-state index contributed by atoms with van der Waals surface area (Å²) in [5.74, 6) is 0.244. The van der Waals surface area contributed by atoms with Gasteiger partial charge in [-0.15, -0.1) is 0 Å². The number of nitrogens with zero attached hydrogens (tertiary/aromatic N) is 2. The van der Waals surface area contributed by atoms with Crippen LogP contribution in [0.5, 0.6) is 0 Å². The number of furan rings is 1. The number of pyridine rings is 1. The van der Waals surface area contributed by atoms with E-state index in [1.54, 1.807) is 18.3 Å². The number of hydrogen-bond acceptors (Lipinski definition) is 4. The van der Waals surface area contributed by atoms with Gasteiger partial charge in [-0.25, -0.2) is 5.43 Å². The minimum atomic E-state index is -0.332. The lowest BCUT2D eigenvalue weighted by Gasteiger charge is -1.98. The molecule has 0 aliphatic heterocycles. The first-order valence-electron chi connectivity index (χ1n) is 4.84. The molecule has 0 bridgehead atoms. The van der Waals surface area contributed by atoms with Gasteiger partial charge in [-0.05, 0) is 56.7 Å². The van der Waals surface area contributed by atoms with Crippen LogP contribution in [0.3, 0.4) is 0 Å². The second kappa shape index (κ2) is 6.10. The number of rotatable bonds is 3. The van der Waals surface area contributed by atoms with Crippen molar-refractivity contribution in [1.82, 2.24) is 10.4 Å². The van der Waals surface area contributed by atoms with Crippen LogP contribution in [-0.2, 0) is 0 Å². The van der Waals surface area contributed by atoms with Crippen molar-refractivity contribution in [2.45, 2.75) is 0 Å². The van der Waals surface area contributed by atoms with Crippen LogP contribution in [-0.4, -0.2) is 17.1 Å². The van der Waals surface area contributed by atoms with E-state index >= 15 is 0 Å². The van der Waals surface area contributed by atoms with Gasteiger partial charge in [0.2, 0.25) is 0 Å². The van der Waals surface area contributed by atoms with E-state index in [1.807, 2.05) is 28.7 Å². The van der Waals surface area contributed by atoms with Gasteiger partial charge in [0.15, 0.2) is 3.77 Å². The molecule has 2 rings (SSSR count). The van der Waals surface area contributed by atoms with Gasteiger partial charge in [-0.1, -0.05) is 0 Å². The Morgan fingerprint density at radius 2 is 2.33 bits per heavy atom. The average Bonchev–Trinajstić information content (AvgIpc) is 2.75. The monoisotopic (exact) mass is 419 g/mol. The number of carbonyl (C=O) groups excluding carboxylic acids is 1. The van der Waals surface area contributed by atoms with Gasteiger partial charge in [-0.2, -0.15) is 5.10 Å². The minimum Gasteiger partial charge on any atom is -0.449 e. The van der Waals surface area contributed by atoms with Crippen molar-refractivity contribution in [3.8, 4) is 0 Å². The van der Waals surface area contributed by atoms with Crippen LogP contribution in [0.15, 0.2) is 44.6 Å².